The highest BCUT2D eigenvalue weighted by Crippen LogP contribution is 2.36. The molecule has 31 heavy (non-hydrogen) atoms. The van der Waals surface area contributed by atoms with E-state index in [1.54, 1.807) is 29.1 Å². The van der Waals surface area contributed by atoms with Gasteiger partial charge in [0.1, 0.15) is 17.0 Å². The molecule has 0 atom stereocenters. The molecule has 0 bridgehead atoms. The molecule has 4 aromatic rings. The van der Waals surface area contributed by atoms with E-state index in [0.29, 0.717) is 29.3 Å². The lowest BCUT2D eigenvalue weighted by Gasteiger charge is -2.17. The van der Waals surface area contributed by atoms with Gasteiger partial charge in [0, 0.05) is 18.8 Å². The molecule has 1 aliphatic carbocycles. The first-order valence-corrected chi connectivity index (χ1v) is 10.7. The lowest BCUT2D eigenvalue weighted by Crippen LogP contribution is -2.28. The first kappa shape index (κ1) is 19.7. The molecule has 160 valence electrons. The van der Waals surface area contributed by atoms with E-state index in [2.05, 4.69) is 23.8 Å². The van der Waals surface area contributed by atoms with Crippen LogP contribution in [0, 0.1) is 11.7 Å². The van der Waals surface area contributed by atoms with Gasteiger partial charge in [0.2, 0.25) is 0 Å². The van der Waals surface area contributed by atoms with Crippen LogP contribution in [0.2, 0.25) is 0 Å². The number of pyridine rings is 1. The second kappa shape index (κ2) is 7.44. The monoisotopic (exact) mass is 421 g/mol. The molecule has 3 heterocycles. The maximum absolute atomic E-state index is 14.4. The number of fused-ring (bicyclic) bond motifs is 2. The normalized spacial score (nSPS) is 14.2. The largest absolute Gasteiger partial charge is 0.329 e. The Morgan fingerprint density at radius 3 is 2.65 bits per heavy atom. The molecule has 1 aromatic carbocycles. The lowest BCUT2D eigenvalue weighted by molar-refractivity contribution is 0.500. The smallest absolute Gasteiger partial charge is 0.327 e. The van der Waals surface area contributed by atoms with E-state index in [1.165, 1.54) is 6.07 Å². The summed E-state index contributed by atoms with van der Waals surface area (Å²) < 4.78 is 19.8. The summed E-state index contributed by atoms with van der Waals surface area (Å²) in [5.41, 5.74) is 1.32. The lowest BCUT2D eigenvalue weighted by atomic mass is 10.1. The van der Waals surface area contributed by atoms with Gasteiger partial charge >= 0.3 is 5.69 Å². The minimum atomic E-state index is -0.610. The molecule has 7 nitrogen and oxygen atoms in total. The molecule has 0 saturated heterocycles. The minimum Gasteiger partial charge on any atom is -0.327 e. The minimum absolute atomic E-state index is 0.00979. The summed E-state index contributed by atoms with van der Waals surface area (Å²) in [6, 6.07) is 6.67. The van der Waals surface area contributed by atoms with E-state index in [9.17, 15) is 14.0 Å². The maximum Gasteiger partial charge on any atom is 0.329 e. The molecule has 0 N–H and O–H groups in total. The third kappa shape index (κ3) is 3.36. The number of hydrogen-bond donors (Lipinski definition) is 0. The molecule has 1 aliphatic rings. The van der Waals surface area contributed by atoms with Gasteiger partial charge in [0.05, 0.1) is 29.3 Å². The number of benzene rings is 1. The predicted octanol–water partition coefficient (Wildman–Crippen LogP) is 3.48. The third-order valence-corrected chi connectivity index (χ3v) is 5.95. The molecule has 0 spiro atoms. The van der Waals surface area contributed by atoms with E-state index < -0.39 is 11.4 Å². The van der Waals surface area contributed by atoms with Crippen LogP contribution in [0.5, 0.6) is 0 Å². The quantitative estimate of drug-likeness (QED) is 0.478. The van der Waals surface area contributed by atoms with E-state index >= 15 is 0 Å². The van der Waals surface area contributed by atoms with Gasteiger partial charge in [-0.3, -0.25) is 18.9 Å². The number of aromatic nitrogens is 5. The second-order valence-corrected chi connectivity index (χ2v) is 8.64. The van der Waals surface area contributed by atoms with Gasteiger partial charge in [-0.05, 0) is 43.4 Å². The molecule has 5 rings (SSSR count). The van der Waals surface area contributed by atoms with Crippen LogP contribution in [-0.4, -0.2) is 23.7 Å². The molecule has 1 saturated carbocycles. The van der Waals surface area contributed by atoms with Crippen molar-refractivity contribution in [2.45, 2.75) is 52.2 Å². The number of imidazole rings is 1. The Balaban J connectivity index is 1.71. The van der Waals surface area contributed by atoms with Crippen molar-refractivity contribution in [2.24, 2.45) is 5.92 Å². The van der Waals surface area contributed by atoms with Crippen LogP contribution in [0.4, 0.5) is 4.39 Å². The van der Waals surface area contributed by atoms with Crippen LogP contribution in [-0.2, 0) is 13.1 Å². The molecule has 1 fully saturated rings. The van der Waals surface area contributed by atoms with Gasteiger partial charge in [-0.2, -0.15) is 4.98 Å². The molecular formula is C23H24FN5O2. The maximum atomic E-state index is 14.4. The fraction of sp³-hybridized carbons (Fsp3) is 0.391. The van der Waals surface area contributed by atoms with Crippen molar-refractivity contribution >= 4 is 21.9 Å². The second-order valence-electron chi connectivity index (χ2n) is 8.64. The number of aryl methyl sites for hydroxylation is 1. The highest BCUT2D eigenvalue weighted by Gasteiger charge is 2.29. The Morgan fingerprint density at radius 1 is 1.10 bits per heavy atom. The van der Waals surface area contributed by atoms with E-state index in [4.69, 9.17) is 0 Å². The Bertz CT molecular complexity index is 1410. The summed E-state index contributed by atoms with van der Waals surface area (Å²) in [6.45, 7) is 4.92. The molecule has 0 aliphatic heterocycles. The van der Waals surface area contributed by atoms with Gasteiger partial charge in [-0.15, -0.1) is 0 Å². The number of halogens is 1. The first-order chi connectivity index (χ1) is 15.0. The molecular weight excluding hydrogens is 397 g/mol. The average molecular weight is 421 g/mol. The zero-order valence-electron chi connectivity index (χ0n) is 17.6. The van der Waals surface area contributed by atoms with Crippen LogP contribution in [0.1, 0.15) is 45.0 Å². The van der Waals surface area contributed by atoms with Crippen molar-refractivity contribution in [3.8, 4) is 0 Å². The van der Waals surface area contributed by atoms with Crippen molar-refractivity contribution in [1.29, 1.82) is 0 Å². The SMILES string of the molecule is CC(C)CCn1c(Cn2c(=O)n(C3CC3)c3ccncc32)nc(=O)c2c(F)cccc21. The summed E-state index contributed by atoms with van der Waals surface area (Å²) >= 11 is 0. The Morgan fingerprint density at radius 2 is 1.90 bits per heavy atom. The van der Waals surface area contributed by atoms with E-state index in [-0.39, 0.29) is 23.7 Å². The van der Waals surface area contributed by atoms with Crippen LogP contribution < -0.4 is 11.2 Å². The predicted molar refractivity (Wildman–Crippen MR) is 117 cm³/mol. The third-order valence-electron chi connectivity index (χ3n) is 5.95. The van der Waals surface area contributed by atoms with Gasteiger partial charge in [0.25, 0.3) is 5.56 Å². The standard InChI is InChI=1S/C23H24FN5O2/c1-14(2)9-11-27-18-5-3-4-16(24)21(18)22(30)26-20(27)13-28-19-12-25-10-8-17(19)29(23(28)31)15-6-7-15/h3-5,8,10,12,14-15H,6-7,9,11,13H2,1-2H3. The van der Waals surface area contributed by atoms with Crippen molar-refractivity contribution in [2.75, 3.05) is 0 Å². The summed E-state index contributed by atoms with van der Waals surface area (Å²) in [5.74, 6) is 0.288. The molecule has 8 heteroatoms. The van der Waals surface area contributed by atoms with Crippen molar-refractivity contribution in [3.63, 3.8) is 0 Å². The molecule has 0 amide bonds. The van der Waals surface area contributed by atoms with Gasteiger partial charge in [-0.1, -0.05) is 19.9 Å². The van der Waals surface area contributed by atoms with Crippen LogP contribution in [0.3, 0.4) is 0 Å². The van der Waals surface area contributed by atoms with Crippen molar-refractivity contribution < 1.29 is 4.39 Å². The topological polar surface area (TPSA) is 74.7 Å². The highest BCUT2D eigenvalue weighted by molar-refractivity contribution is 5.79. The summed E-state index contributed by atoms with van der Waals surface area (Å²) in [7, 11) is 0. The van der Waals surface area contributed by atoms with Crippen LogP contribution in [0.15, 0.2) is 46.2 Å². The van der Waals surface area contributed by atoms with Gasteiger partial charge in [-0.25, -0.2) is 9.18 Å². The van der Waals surface area contributed by atoms with Gasteiger partial charge in [0.15, 0.2) is 0 Å². The molecule has 3 aromatic heterocycles. The van der Waals surface area contributed by atoms with Crippen LogP contribution in [0.25, 0.3) is 21.9 Å². The fourth-order valence-electron chi connectivity index (χ4n) is 4.19. The van der Waals surface area contributed by atoms with E-state index in [0.717, 1.165) is 24.8 Å². The number of rotatable bonds is 6. The van der Waals surface area contributed by atoms with Gasteiger partial charge < -0.3 is 4.57 Å². The summed E-state index contributed by atoms with van der Waals surface area (Å²) in [4.78, 5) is 34.4. The average Bonchev–Trinajstić information content (AvgIpc) is 3.53. The zero-order valence-corrected chi connectivity index (χ0v) is 17.6. The van der Waals surface area contributed by atoms with Crippen molar-refractivity contribution in [1.82, 2.24) is 23.7 Å². The van der Waals surface area contributed by atoms with E-state index in [1.807, 2.05) is 15.2 Å². The zero-order chi connectivity index (χ0) is 21.7. The first-order valence-electron chi connectivity index (χ1n) is 10.7. The summed E-state index contributed by atoms with van der Waals surface area (Å²) in [5, 5.41) is -0.00979. The van der Waals surface area contributed by atoms with Crippen molar-refractivity contribution in [3.05, 3.63) is 69.1 Å². The number of hydrogen-bond acceptors (Lipinski definition) is 4. The number of nitrogens with zero attached hydrogens (tertiary/aromatic N) is 5. The van der Waals surface area contributed by atoms with Crippen LogP contribution >= 0.6 is 0 Å². The Hall–Kier alpha value is -3.29. The highest BCUT2D eigenvalue weighted by atomic mass is 19.1. The fourth-order valence-corrected chi connectivity index (χ4v) is 4.19. The molecule has 0 unspecified atom stereocenters. The molecule has 0 radical (unpaired) electrons. The summed E-state index contributed by atoms with van der Waals surface area (Å²) in [6.07, 6.45) is 6.15. The Labute approximate surface area is 177 Å². The Kier molecular flexibility index (Phi) is 4.72.